The van der Waals surface area contributed by atoms with Crippen molar-refractivity contribution in [2.45, 2.75) is 11.8 Å². The number of hydrogen-bond acceptors (Lipinski definition) is 8. The normalized spacial score (nSPS) is 11.5. The molecule has 1 N–H and O–H groups in total. The third kappa shape index (κ3) is 3.84. The largest absolute Gasteiger partial charge is 0.302 e. The zero-order valence-corrected chi connectivity index (χ0v) is 17.8. The molecule has 4 rings (SSSR count). The molecule has 29 heavy (non-hydrogen) atoms. The van der Waals surface area contributed by atoms with Gasteiger partial charge in [0.15, 0.2) is 5.13 Å². The Kier molecular flexibility index (Phi) is 5.03. The fraction of sp³-hybridized carbons (Fsp3) is 0.111. The topological polar surface area (TPSA) is 105 Å². The molecule has 0 saturated carbocycles. The Hall–Kier alpha value is -2.89. The van der Waals surface area contributed by atoms with E-state index in [1.807, 2.05) is 18.2 Å². The molecular weight excluding hydrogens is 430 g/mol. The zero-order chi connectivity index (χ0) is 20.6. The van der Waals surface area contributed by atoms with E-state index in [1.54, 1.807) is 22.9 Å². The summed E-state index contributed by atoms with van der Waals surface area (Å²) in [5, 5.41) is 6.48. The first-order valence-corrected chi connectivity index (χ1v) is 11.6. The molecule has 0 saturated heterocycles. The number of sulfonamides is 1. The summed E-state index contributed by atoms with van der Waals surface area (Å²) in [5.74, 6) is -0.100. The van der Waals surface area contributed by atoms with Crippen LogP contribution >= 0.6 is 22.7 Å². The molecule has 0 fully saturated rings. The minimum absolute atomic E-state index is 0.0806. The van der Waals surface area contributed by atoms with Crippen LogP contribution in [0.25, 0.3) is 21.5 Å². The van der Waals surface area contributed by atoms with Crippen molar-refractivity contribution < 1.29 is 13.2 Å². The Bertz CT molecular complexity index is 1300. The molecule has 0 unspecified atom stereocenters. The molecule has 0 atom stereocenters. The number of rotatable bonds is 5. The van der Waals surface area contributed by atoms with Crippen molar-refractivity contribution in [3.05, 3.63) is 47.3 Å². The van der Waals surface area contributed by atoms with Gasteiger partial charge in [0.1, 0.15) is 0 Å². The van der Waals surface area contributed by atoms with E-state index in [2.05, 4.69) is 20.3 Å². The number of anilines is 2. The first kappa shape index (κ1) is 19.4. The van der Waals surface area contributed by atoms with Crippen molar-refractivity contribution in [1.29, 1.82) is 0 Å². The van der Waals surface area contributed by atoms with E-state index in [1.165, 1.54) is 42.8 Å². The molecule has 0 aliphatic rings. The maximum absolute atomic E-state index is 12.7. The van der Waals surface area contributed by atoms with Crippen LogP contribution in [0.3, 0.4) is 0 Å². The standard InChI is InChI=1S/C18H15N5O3S3/c1-11(24)20-18-22-15-4-3-12(9-16(15)28-18)14-5-7-19-17(21-14)23(2)29(25,26)13-6-8-27-10-13/h3-10H,1-2H3,(H,20,22,24). The summed E-state index contributed by atoms with van der Waals surface area (Å²) in [6.45, 7) is 1.43. The predicted molar refractivity (Wildman–Crippen MR) is 115 cm³/mol. The summed E-state index contributed by atoms with van der Waals surface area (Å²) in [6.07, 6.45) is 1.52. The predicted octanol–water partition coefficient (Wildman–Crippen LogP) is 3.60. The number of fused-ring (bicyclic) bond motifs is 1. The molecule has 148 valence electrons. The third-order valence-corrected chi connectivity index (χ3v) is 7.55. The lowest BCUT2D eigenvalue weighted by molar-refractivity contribution is -0.114. The fourth-order valence-electron chi connectivity index (χ4n) is 2.61. The number of thiophene rings is 1. The van der Waals surface area contributed by atoms with Crippen LogP contribution in [-0.4, -0.2) is 36.3 Å². The first-order chi connectivity index (χ1) is 13.8. The van der Waals surface area contributed by atoms with Crippen LogP contribution in [0.5, 0.6) is 0 Å². The molecule has 3 heterocycles. The van der Waals surface area contributed by atoms with Gasteiger partial charge in [-0.25, -0.2) is 27.7 Å². The molecule has 11 heteroatoms. The molecule has 0 aliphatic carbocycles. The van der Waals surface area contributed by atoms with Crippen LogP contribution in [0.4, 0.5) is 11.1 Å². The maximum Gasteiger partial charge on any atom is 0.267 e. The highest BCUT2D eigenvalue weighted by Crippen LogP contribution is 2.30. The average molecular weight is 446 g/mol. The van der Waals surface area contributed by atoms with Gasteiger partial charge in [-0.2, -0.15) is 11.3 Å². The summed E-state index contributed by atoms with van der Waals surface area (Å²) >= 11 is 2.66. The van der Waals surface area contributed by atoms with Gasteiger partial charge in [-0.05, 0) is 29.6 Å². The molecule has 0 spiro atoms. The van der Waals surface area contributed by atoms with Gasteiger partial charge in [0.2, 0.25) is 11.9 Å². The van der Waals surface area contributed by atoms with E-state index >= 15 is 0 Å². The second-order valence-corrected chi connectivity index (χ2v) is 9.84. The minimum atomic E-state index is -3.72. The monoisotopic (exact) mass is 445 g/mol. The van der Waals surface area contributed by atoms with Gasteiger partial charge >= 0.3 is 0 Å². The van der Waals surface area contributed by atoms with Crippen LogP contribution in [0.2, 0.25) is 0 Å². The van der Waals surface area contributed by atoms with Gasteiger partial charge < -0.3 is 5.32 Å². The molecule has 1 aromatic carbocycles. The Morgan fingerprint density at radius 3 is 2.72 bits per heavy atom. The number of amides is 1. The maximum atomic E-state index is 12.7. The smallest absolute Gasteiger partial charge is 0.267 e. The minimum Gasteiger partial charge on any atom is -0.302 e. The van der Waals surface area contributed by atoms with Crippen molar-refractivity contribution in [1.82, 2.24) is 15.0 Å². The van der Waals surface area contributed by atoms with Crippen LogP contribution < -0.4 is 9.62 Å². The van der Waals surface area contributed by atoms with Crippen molar-refractivity contribution in [2.75, 3.05) is 16.7 Å². The highest BCUT2D eigenvalue weighted by Gasteiger charge is 2.24. The number of benzene rings is 1. The average Bonchev–Trinajstić information content (AvgIpc) is 3.36. The number of aromatic nitrogens is 3. The Morgan fingerprint density at radius 1 is 1.17 bits per heavy atom. The van der Waals surface area contributed by atoms with E-state index in [-0.39, 0.29) is 16.8 Å². The van der Waals surface area contributed by atoms with Gasteiger partial charge in [0, 0.05) is 31.1 Å². The summed E-state index contributed by atoms with van der Waals surface area (Å²) in [5.41, 5.74) is 2.13. The van der Waals surface area contributed by atoms with Gasteiger partial charge in [-0.3, -0.25) is 4.79 Å². The Balaban J connectivity index is 1.69. The van der Waals surface area contributed by atoms with Crippen LogP contribution in [-0.2, 0) is 14.8 Å². The number of nitrogens with zero attached hydrogens (tertiary/aromatic N) is 4. The molecule has 0 radical (unpaired) electrons. The number of carbonyl (C=O) groups is 1. The van der Waals surface area contributed by atoms with E-state index in [9.17, 15) is 13.2 Å². The lowest BCUT2D eigenvalue weighted by atomic mass is 10.1. The second kappa shape index (κ2) is 7.50. The Labute approximate surface area is 174 Å². The molecule has 0 aliphatic heterocycles. The summed E-state index contributed by atoms with van der Waals surface area (Å²) in [7, 11) is -2.29. The van der Waals surface area contributed by atoms with Crippen molar-refractivity contribution in [3.8, 4) is 11.3 Å². The SMILES string of the molecule is CC(=O)Nc1nc2ccc(-c3ccnc(N(C)S(=O)(=O)c4ccsc4)n3)cc2s1. The highest BCUT2D eigenvalue weighted by atomic mass is 32.2. The summed E-state index contributed by atoms with van der Waals surface area (Å²) < 4.78 is 27.4. The molecule has 1 amide bonds. The second-order valence-electron chi connectivity index (χ2n) is 6.06. The van der Waals surface area contributed by atoms with Gasteiger partial charge in [-0.1, -0.05) is 17.4 Å². The van der Waals surface area contributed by atoms with Crippen LogP contribution in [0, 0.1) is 0 Å². The van der Waals surface area contributed by atoms with Gasteiger partial charge in [0.25, 0.3) is 10.0 Å². The Morgan fingerprint density at radius 2 is 2.00 bits per heavy atom. The quantitative estimate of drug-likeness (QED) is 0.503. The first-order valence-electron chi connectivity index (χ1n) is 8.37. The lowest BCUT2D eigenvalue weighted by Crippen LogP contribution is -2.28. The van der Waals surface area contributed by atoms with E-state index in [0.29, 0.717) is 10.8 Å². The van der Waals surface area contributed by atoms with Crippen LogP contribution in [0.1, 0.15) is 6.92 Å². The third-order valence-electron chi connectivity index (χ3n) is 4.05. The molecular formula is C18H15N5O3S3. The lowest BCUT2D eigenvalue weighted by Gasteiger charge is -2.17. The van der Waals surface area contributed by atoms with Gasteiger partial charge in [0.05, 0.1) is 20.8 Å². The molecule has 4 aromatic rings. The van der Waals surface area contributed by atoms with Gasteiger partial charge in [-0.15, -0.1) is 0 Å². The van der Waals surface area contributed by atoms with E-state index in [0.717, 1.165) is 20.1 Å². The number of hydrogen-bond donors (Lipinski definition) is 1. The highest BCUT2D eigenvalue weighted by molar-refractivity contribution is 7.92. The number of nitrogens with one attached hydrogen (secondary N) is 1. The van der Waals surface area contributed by atoms with Crippen LogP contribution in [0.15, 0.2) is 52.2 Å². The fourth-order valence-corrected chi connectivity index (χ4v) is 5.68. The molecule has 0 bridgehead atoms. The summed E-state index contributed by atoms with van der Waals surface area (Å²) in [4.78, 5) is 24.4. The van der Waals surface area contributed by atoms with Crippen molar-refractivity contribution in [2.24, 2.45) is 0 Å². The van der Waals surface area contributed by atoms with Crippen molar-refractivity contribution >= 4 is 59.9 Å². The molecule has 8 nitrogen and oxygen atoms in total. The van der Waals surface area contributed by atoms with E-state index in [4.69, 9.17) is 0 Å². The molecule has 3 aromatic heterocycles. The number of thiazole rings is 1. The van der Waals surface area contributed by atoms with E-state index < -0.39 is 10.0 Å². The number of carbonyl (C=O) groups excluding carboxylic acids is 1. The van der Waals surface area contributed by atoms with Crippen molar-refractivity contribution in [3.63, 3.8) is 0 Å². The zero-order valence-electron chi connectivity index (χ0n) is 15.4. The summed E-state index contributed by atoms with van der Waals surface area (Å²) in [6, 6.07) is 8.84.